The van der Waals surface area contributed by atoms with E-state index in [-0.39, 0.29) is 30.4 Å². The highest BCUT2D eigenvalue weighted by atomic mass is 16.2. The lowest BCUT2D eigenvalue weighted by Crippen LogP contribution is -2.54. The van der Waals surface area contributed by atoms with E-state index in [9.17, 15) is 14.9 Å². The predicted molar refractivity (Wildman–Crippen MR) is 94.2 cm³/mol. The number of hydrogen-bond donors (Lipinski definition) is 2. The maximum atomic E-state index is 12.7. The Labute approximate surface area is 150 Å². The summed E-state index contributed by atoms with van der Waals surface area (Å²) in [6.45, 7) is 0.179. The second-order valence-electron chi connectivity index (χ2n) is 8.09. The van der Waals surface area contributed by atoms with Gasteiger partial charge in [0.25, 0.3) is 0 Å². The van der Waals surface area contributed by atoms with Gasteiger partial charge in [-0.3, -0.25) is 14.5 Å². The van der Waals surface area contributed by atoms with Crippen LogP contribution in [0.15, 0.2) is 0 Å². The number of amides is 2. The number of carbonyl (C=O) groups is 2. The van der Waals surface area contributed by atoms with Crippen molar-refractivity contribution in [1.29, 1.82) is 5.26 Å². The Morgan fingerprint density at radius 1 is 1.12 bits per heavy atom. The van der Waals surface area contributed by atoms with Gasteiger partial charge < -0.3 is 11.1 Å². The average molecular weight is 346 g/mol. The van der Waals surface area contributed by atoms with Gasteiger partial charge in [-0.15, -0.1) is 0 Å². The second kappa shape index (κ2) is 7.74. The molecule has 0 aromatic carbocycles. The molecule has 0 aromatic rings. The summed E-state index contributed by atoms with van der Waals surface area (Å²) in [6.07, 6.45) is 10.9. The normalized spacial score (nSPS) is 32.2. The molecular formula is C19H30N4O2. The molecule has 2 amide bonds. The zero-order valence-electron chi connectivity index (χ0n) is 15.0. The highest BCUT2D eigenvalue weighted by molar-refractivity contribution is 5.83. The van der Waals surface area contributed by atoms with Gasteiger partial charge in [0, 0.05) is 6.04 Å². The molecule has 6 nitrogen and oxygen atoms in total. The van der Waals surface area contributed by atoms with Crippen LogP contribution in [0.5, 0.6) is 0 Å². The fourth-order valence-electron chi connectivity index (χ4n) is 5.13. The van der Waals surface area contributed by atoms with E-state index < -0.39 is 5.54 Å². The van der Waals surface area contributed by atoms with Crippen molar-refractivity contribution in [2.24, 2.45) is 11.7 Å². The maximum absolute atomic E-state index is 12.7. The minimum Gasteiger partial charge on any atom is -0.368 e. The molecule has 1 heterocycles. The molecule has 3 rings (SSSR count). The minimum absolute atomic E-state index is 0.138. The topological polar surface area (TPSA) is 99.2 Å². The first-order chi connectivity index (χ1) is 12.0. The first kappa shape index (κ1) is 18.2. The molecule has 138 valence electrons. The molecule has 0 bridgehead atoms. The Balaban J connectivity index is 1.67. The van der Waals surface area contributed by atoms with Crippen molar-refractivity contribution in [3.05, 3.63) is 0 Å². The van der Waals surface area contributed by atoms with Gasteiger partial charge >= 0.3 is 0 Å². The van der Waals surface area contributed by atoms with Gasteiger partial charge in [-0.1, -0.05) is 38.5 Å². The fraction of sp³-hybridized carbons (Fsp3) is 0.842. The average Bonchev–Trinajstić information content (AvgIpc) is 2.80. The molecule has 2 aliphatic carbocycles. The quantitative estimate of drug-likeness (QED) is 0.759. The molecule has 2 saturated carbocycles. The molecule has 1 aliphatic heterocycles. The van der Waals surface area contributed by atoms with Crippen LogP contribution in [0.2, 0.25) is 0 Å². The van der Waals surface area contributed by atoms with Crippen LogP contribution in [0.1, 0.15) is 70.6 Å². The van der Waals surface area contributed by atoms with Crippen molar-refractivity contribution in [2.75, 3.05) is 6.54 Å². The molecule has 3 aliphatic rings. The predicted octanol–water partition coefficient (Wildman–Crippen LogP) is 1.84. The number of nitrogens with zero attached hydrogens (tertiary/aromatic N) is 2. The van der Waals surface area contributed by atoms with Crippen LogP contribution in [0.4, 0.5) is 0 Å². The number of primary amides is 1. The highest BCUT2D eigenvalue weighted by Gasteiger charge is 2.45. The zero-order chi connectivity index (χ0) is 17.9. The van der Waals surface area contributed by atoms with Gasteiger partial charge in [-0.25, -0.2) is 0 Å². The Kier molecular flexibility index (Phi) is 5.63. The summed E-state index contributed by atoms with van der Waals surface area (Å²) in [4.78, 5) is 26.6. The molecular weight excluding hydrogens is 316 g/mol. The van der Waals surface area contributed by atoms with E-state index in [2.05, 4.69) is 11.4 Å². The summed E-state index contributed by atoms with van der Waals surface area (Å²) < 4.78 is 0. The minimum atomic E-state index is -0.735. The number of likely N-dealkylation sites (tertiary alicyclic amines) is 1. The van der Waals surface area contributed by atoms with E-state index >= 15 is 0 Å². The molecule has 0 aromatic heterocycles. The lowest BCUT2D eigenvalue weighted by molar-refractivity contribution is -0.127. The Morgan fingerprint density at radius 3 is 2.44 bits per heavy atom. The molecule has 3 unspecified atom stereocenters. The molecule has 25 heavy (non-hydrogen) atoms. The number of carbonyl (C=O) groups excluding carboxylic acids is 2. The maximum Gasteiger partial charge on any atom is 0.235 e. The van der Waals surface area contributed by atoms with Gasteiger partial charge in [0.2, 0.25) is 11.8 Å². The third-order valence-electron chi connectivity index (χ3n) is 6.43. The highest BCUT2D eigenvalue weighted by Crippen LogP contribution is 2.39. The summed E-state index contributed by atoms with van der Waals surface area (Å²) in [5.74, 6) is 0.00874. The number of fused-ring (bicyclic) bond motifs is 1. The van der Waals surface area contributed by atoms with Crippen LogP contribution < -0.4 is 11.1 Å². The van der Waals surface area contributed by atoms with Crippen molar-refractivity contribution in [1.82, 2.24) is 10.2 Å². The SMILES string of the molecule is N#CC1(NC(=O)CN2C(C(N)=O)CC3CCCCC32)CCCCCC1. The number of rotatable bonds is 4. The van der Waals surface area contributed by atoms with Gasteiger partial charge in [0.15, 0.2) is 0 Å². The Morgan fingerprint density at radius 2 is 1.80 bits per heavy atom. The monoisotopic (exact) mass is 346 g/mol. The van der Waals surface area contributed by atoms with Crippen LogP contribution in [0.3, 0.4) is 0 Å². The van der Waals surface area contributed by atoms with Crippen LogP contribution in [0, 0.1) is 17.2 Å². The molecule has 0 radical (unpaired) electrons. The van der Waals surface area contributed by atoms with Crippen molar-refractivity contribution in [3.63, 3.8) is 0 Å². The summed E-state index contributed by atoms with van der Waals surface area (Å²) in [6, 6.07) is 2.30. The first-order valence-corrected chi connectivity index (χ1v) is 9.82. The van der Waals surface area contributed by atoms with Gasteiger partial charge in [0.1, 0.15) is 5.54 Å². The van der Waals surface area contributed by atoms with E-state index in [1.807, 2.05) is 4.90 Å². The Bertz CT molecular complexity index is 548. The summed E-state index contributed by atoms with van der Waals surface area (Å²) in [7, 11) is 0. The smallest absolute Gasteiger partial charge is 0.235 e. The number of nitrogens with two attached hydrogens (primary N) is 1. The lowest BCUT2D eigenvalue weighted by atomic mass is 9.84. The first-order valence-electron chi connectivity index (χ1n) is 9.82. The summed E-state index contributed by atoms with van der Waals surface area (Å²) >= 11 is 0. The summed E-state index contributed by atoms with van der Waals surface area (Å²) in [5, 5.41) is 12.7. The van der Waals surface area contributed by atoms with Gasteiger partial charge in [-0.2, -0.15) is 5.26 Å². The van der Waals surface area contributed by atoms with E-state index in [1.54, 1.807) is 0 Å². The van der Waals surface area contributed by atoms with Crippen LogP contribution in [-0.2, 0) is 9.59 Å². The molecule has 0 spiro atoms. The van der Waals surface area contributed by atoms with Crippen LogP contribution >= 0.6 is 0 Å². The van der Waals surface area contributed by atoms with Crippen molar-refractivity contribution in [2.45, 2.75) is 88.3 Å². The summed E-state index contributed by atoms with van der Waals surface area (Å²) in [5.41, 5.74) is 4.88. The van der Waals surface area contributed by atoms with Crippen molar-refractivity contribution >= 4 is 11.8 Å². The second-order valence-corrected chi connectivity index (χ2v) is 8.09. The molecule has 1 saturated heterocycles. The molecule has 3 fully saturated rings. The lowest BCUT2D eigenvalue weighted by Gasteiger charge is -2.34. The van der Waals surface area contributed by atoms with E-state index in [0.717, 1.165) is 64.2 Å². The van der Waals surface area contributed by atoms with Crippen LogP contribution in [-0.4, -0.2) is 40.9 Å². The standard InChI is InChI=1S/C19H30N4O2/c20-13-19(9-5-1-2-6-10-19)22-17(24)12-23-15-8-4-3-7-14(15)11-16(23)18(21)25/h14-16H,1-12H2,(H2,21,25)(H,22,24). The fourth-order valence-corrected chi connectivity index (χ4v) is 5.13. The van der Waals surface area contributed by atoms with E-state index in [4.69, 9.17) is 5.73 Å². The van der Waals surface area contributed by atoms with E-state index in [0.29, 0.717) is 5.92 Å². The van der Waals surface area contributed by atoms with Crippen molar-refractivity contribution < 1.29 is 9.59 Å². The number of nitriles is 1. The Hall–Kier alpha value is -1.61. The largest absolute Gasteiger partial charge is 0.368 e. The van der Waals surface area contributed by atoms with Gasteiger partial charge in [0.05, 0.1) is 18.7 Å². The molecule has 6 heteroatoms. The zero-order valence-corrected chi connectivity index (χ0v) is 15.0. The third-order valence-corrected chi connectivity index (χ3v) is 6.43. The van der Waals surface area contributed by atoms with E-state index in [1.165, 1.54) is 6.42 Å². The van der Waals surface area contributed by atoms with Crippen molar-refractivity contribution in [3.8, 4) is 6.07 Å². The van der Waals surface area contributed by atoms with Gasteiger partial charge in [-0.05, 0) is 38.0 Å². The number of nitrogens with one attached hydrogen (secondary N) is 1. The number of hydrogen-bond acceptors (Lipinski definition) is 4. The third kappa shape index (κ3) is 3.98. The molecule has 3 N–H and O–H groups in total. The van der Waals surface area contributed by atoms with Crippen LogP contribution in [0.25, 0.3) is 0 Å². The molecule has 3 atom stereocenters.